The monoisotopic (exact) mass is 526 g/mol. The molecule has 0 spiro atoms. The van der Waals surface area contributed by atoms with E-state index >= 15 is 0 Å². The van der Waals surface area contributed by atoms with E-state index in [0.29, 0.717) is 5.92 Å². The lowest BCUT2D eigenvalue weighted by Crippen LogP contribution is -2.39. The van der Waals surface area contributed by atoms with Gasteiger partial charge in [0.25, 0.3) is 0 Å². The van der Waals surface area contributed by atoms with Crippen molar-refractivity contribution in [3.05, 3.63) is 47.8 Å². The molecule has 1 unspecified atom stereocenters. The number of nitrogens with zero attached hydrogens (tertiary/aromatic N) is 5. The molecular formula is C21H31IN6S. The van der Waals surface area contributed by atoms with Crippen LogP contribution < -0.4 is 10.2 Å². The molecule has 158 valence electrons. The molecular weight excluding hydrogens is 495 g/mol. The van der Waals surface area contributed by atoms with Crippen LogP contribution in [-0.2, 0) is 13.6 Å². The molecule has 1 aromatic carbocycles. The Bertz CT molecular complexity index is 800. The predicted octanol–water partition coefficient (Wildman–Crippen LogP) is 3.16. The van der Waals surface area contributed by atoms with Crippen molar-refractivity contribution in [1.29, 1.82) is 0 Å². The highest BCUT2D eigenvalue weighted by molar-refractivity contribution is 14.0. The van der Waals surface area contributed by atoms with Crippen LogP contribution in [0.5, 0.6) is 0 Å². The van der Waals surface area contributed by atoms with Gasteiger partial charge in [0.2, 0.25) is 0 Å². The Hall–Kier alpha value is -1.42. The van der Waals surface area contributed by atoms with Crippen LogP contribution in [0, 0.1) is 0 Å². The third kappa shape index (κ3) is 5.59. The summed E-state index contributed by atoms with van der Waals surface area (Å²) in [6, 6.07) is 8.98. The fourth-order valence-corrected chi connectivity index (χ4v) is 4.94. The minimum Gasteiger partial charge on any atom is -0.370 e. The summed E-state index contributed by atoms with van der Waals surface area (Å²) in [5.74, 6) is 3.99. The van der Waals surface area contributed by atoms with Crippen molar-refractivity contribution >= 4 is 47.4 Å². The van der Waals surface area contributed by atoms with Crippen molar-refractivity contribution in [2.45, 2.75) is 18.9 Å². The number of guanidine groups is 1. The number of benzene rings is 1. The van der Waals surface area contributed by atoms with Crippen molar-refractivity contribution in [3.63, 3.8) is 0 Å². The number of hydrogen-bond donors (Lipinski definition) is 1. The number of likely N-dealkylation sites (tertiary alicyclic amines) is 1. The van der Waals surface area contributed by atoms with E-state index in [4.69, 9.17) is 0 Å². The van der Waals surface area contributed by atoms with Crippen LogP contribution in [0.1, 0.15) is 23.5 Å². The third-order valence-corrected chi connectivity index (χ3v) is 6.60. The van der Waals surface area contributed by atoms with E-state index in [1.165, 1.54) is 28.3 Å². The molecule has 0 radical (unpaired) electrons. The van der Waals surface area contributed by atoms with Gasteiger partial charge < -0.3 is 15.1 Å². The normalized spacial score (nSPS) is 19.9. The summed E-state index contributed by atoms with van der Waals surface area (Å²) in [4.78, 5) is 9.35. The van der Waals surface area contributed by atoms with Crippen molar-refractivity contribution in [3.8, 4) is 0 Å². The lowest BCUT2D eigenvalue weighted by molar-refractivity contribution is 0.486. The topological polar surface area (TPSA) is 48.7 Å². The Kier molecular flexibility index (Phi) is 8.11. The van der Waals surface area contributed by atoms with Gasteiger partial charge in [0.05, 0.1) is 6.20 Å². The number of aliphatic imine (C=N–C) groups is 1. The molecule has 1 aromatic heterocycles. The molecule has 2 aliphatic rings. The van der Waals surface area contributed by atoms with Crippen molar-refractivity contribution in [2.24, 2.45) is 12.0 Å². The van der Waals surface area contributed by atoms with Crippen LogP contribution in [0.15, 0.2) is 41.7 Å². The number of rotatable bonds is 4. The number of aryl methyl sites for hydroxylation is 1. The van der Waals surface area contributed by atoms with Crippen LogP contribution in [0.4, 0.5) is 5.69 Å². The molecule has 1 N–H and O–H groups in total. The molecule has 2 saturated heterocycles. The first-order chi connectivity index (χ1) is 13.7. The molecule has 8 heteroatoms. The summed E-state index contributed by atoms with van der Waals surface area (Å²) in [7, 11) is 3.85. The standard InChI is InChI=1S/C21H30N6S.HI/c1-22-21(27-8-7-18(16-27)19-14-24-25(2)15-19)23-13-17-3-5-20(6-4-17)26-9-11-28-12-10-26;/h3-6,14-15,18H,7-13,16H2,1-2H3,(H,22,23);1H. The van der Waals surface area contributed by atoms with Gasteiger partial charge in [-0.15, -0.1) is 24.0 Å². The average Bonchev–Trinajstić information content (AvgIpc) is 3.39. The zero-order valence-corrected chi connectivity index (χ0v) is 20.4. The van der Waals surface area contributed by atoms with Gasteiger partial charge in [0.1, 0.15) is 0 Å². The molecule has 2 fully saturated rings. The maximum Gasteiger partial charge on any atom is 0.193 e. The average molecular weight is 526 g/mol. The number of halogens is 1. The molecule has 0 saturated carbocycles. The summed E-state index contributed by atoms with van der Waals surface area (Å²) in [6.07, 6.45) is 5.27. The molecule has 2 aromatic rings. The van der Waals surface area contributed by atoms with Gasteiger partial charge in [0, 0.05) is 76.1 Å². The lowest BCUT2D eigenvalue weighted by Gasteiger charge is -2.28. The van der Waals surface area contributed by atoms with Crippen LogP contribution in [0.3, 0.4) is 0 Å². The van der Waals surface area contributed by atoms with Gasteiger partial charge in [0.15, 0.2) is 5.96 Å². The second-order valence-corrected chi connectivity index (χ2v) is 8.77. The SMILES string of the molecule is CN=C(NCc1ccc(N2CCSCC2)cc1)N1CCC(c2cnn(C)c2)C1.I. The Morgan fingerprint density at radius 3 is 2.62 bits per heavy atom. The van der Waals surface area contributed by atoms with E-state index in [1.54, 1.807) is 0 Å². The summed E-state index contributed by atoms with van der Waals surface area (Å²) in [6.45, 7) is 5.14. The van der Waals surface area contributed by atoms with Gasteiger partial charge in [-0.2, -0.15) is 16.9 Å². The minimum absolute atomic E-state index is 0. The molecule has 0 aliphatic carbocycles. The molecule has 2 aliphatic heterocycles. The van der Waals surface area contributed by atoms with E-state index in [2.05, 4.69) is 55.7 Å². The zero-order chi connectivity index (χ0) is 19.3. The molecule has 4 rings (SSSR count). The van der Waals surface area contributed by atoms with Gasteiger partial charge in [-0.3, -0.25) is 9.67 Å². The smallest absolute Gasteiger partial charge is 0.193 e. The number of anilines is 1. The molecule has 3 heterocycles. The first kappa shape index (κ1) is 22.3. The van der Waals surface area contributed by atoms with Crippen LogP contribution >= 0.6 is 35.7 Å². The number of aromatic nitrogens is 2. The fraction of sp³-hybridized carbons (Fsp3) is 0.524. The molecule has 0 bridgehead atoms. The van der Waals surface area contributed by atoms with E-state index < -0.39 is 0 Å². The molecule has 0 amide bonds. The van der Waals surface area contributed by atoms with Crippen molar-refractivity contribution in [1.82, 2.24) is 20.0 Å². The summed E-state index contributed by atoms with van der Waals surface area (Å²) in [5.41, 5.74) is 3.96. The number of thioether (sulfide) groups is 1. The first-order valence-corrected chi connectivity index (χ1v) is 11.2. The van der Waals surface area contributed by atoms with Crippen molar-refractivity contribution < 1.29 is 0 Å². The predicted molar refractivity (Wildman–Crippen MR) is 134 cm³/mol. The maximum atomic E-state index is 4.51. The summed E-state index contributed by atoms with van der Waals surface area (Å²) in [5, 5.41) is 7.86. The van der Waals surface area contributed by atoms with Gasteiger partial charge >= 0.3 is 0 Å². The van der Waals surface area contributed by atoms with Crippen molar-refractivity contribution in [2.75, 3.05) is 49.6 Å². The molecule has 1 atom stereocenters. The van der Waals surface area contributed by atoms with E-state index in [-0.39, 0.29) is 24.0 Å². The fourth-order valence-electron chi connectivity index (χ4n) is 4.04. The van der Waals surface area contributed by atoms with Crippen LogP contribution in [-0.4, -0.2) is 65.4 Å². The Labute approximate surface area is 195 Å². The zero-order valence-electron chi connectivity index (χ0n) is 17.3. The first-order valence-electron chi connectivity index (χ1n) is 10.1. The Morgan fingerprint density at radius 1 is 1.21 bits per heavy atom. The highest BCUT2D eigenvalue weighted by Crippen LogP contribution is 2.26. The van der Waals surface area contributed by atoms with E-state index in [0.717, 1.165) is 45.1 Å². The summed E-state index contributed by atoms with van der Waals surface area (Å²) >= 11 is 2.05. The van der Waals surface area contributed by atoms with E-state index in [1.807, 2.05) is 36.7 Å². The largest absolute Gasteiger partial charge is 0.370 e. The quantitative estimate of drug-likeness (QED) is 0.377. The second kappa shape index (κ2) is 10.6. The third-order valence-electron chi connectivity index (χ3n) is 5.66. The highest BCUT2D eigenvalue weighted by Gasteiger charge is 2.26. The Balaban J connectivity index is 0.00000240. The van der Waals surface area contributed by atoms with E-state index in [9.17, 15) is 0 Å². The minimum atomic E-state index is 0. The lowest BCUT2D eigenvalue weighted by atomic mass is 10.0. The number of nitrogens with one attached hydrogen (secondary N) is 1. The van der Waals surface area contributed by atoms with Crippen LogP contribution in [0.25, 0.3) is 0 Å². The van der Waals surface area contributed by atoms with Gasteiger partial charge in [-0.25, -0.2) is 0 Å². The maximum absolute atomic E-state index is 4.51. The van der Waals surface area contributed by atoms with Gasteiger partial charge in [-0.05, 0) is 29.7 Å². The highest BCUT2D eigenvalue weighted by atomic mass is 127. The summed E-state index contributed by atoms with van der Waals surface area (Å²) < 4.78 is 1.89. The van der Waals surface area contributed by atoms with Gasteiger partial charge in [-0.1, -0.05) is 12.1 Å². The second-order valence-electron chi connectivity index (χ2n) is 7.55. The van der Waals surface area contributed by atoms with Crippen LogP contribution in [0.2, 0.25) is 0 Å². The molecule has 29 heavy (non-hydrogen) atoms. The Morgan fingerprint density at radius 2 is 1.97 bits per heavy atom. The number of hydrogen-bond acceptors (Lipinski definition) is 4. The molecule has 6 nitrogen and oxygen atoms in total.